The van der Waals surface area contributed by atoms with Crippen LogP contribution in [-0.2, 0) is 14.3 Å². The fourth-order valence-electron chi connectivity index (χ4n) is 4.06. The smallest absolute Gasteiger partial charge is 0.338 e. The van der Waals surface area contributed by atoms with Crippen molar-refractivity contribution in [3.63, 3.8) is 0 Å². The van der Waals surface area contributed by atoms with Crippen LogP contribution in [-0.4, -0.2) is 29.7 Å². The first-order valence-electron chi connectivity index (χ1n) is 12.2. The third-order valence-electron chi connectivity index (χ3n) is 5.65. The molecule has 0 saturated heterocycles. The summed E-state index contributed by atoms with van der Waals surface area (Å²) in [5.41, 5.74) is 2.16. The number of rotatable bonds is 8. The fourth-order valence-corrected chi connectivity index (χ4v) is 5.11. The van der Waals surface area contributed by atoms with Crippen LogP contribution < -0.4 is 24.4 Å². The van der Waals surface area contributed by atoms with Crippen LogP contribution in [0.3, 0.4) is 0 Å². The second-order valence-corrected chi connectivity index (χ2v) is 9.36. The van der Waals surface area contributed by atoms with Crippen molar-refractivity contribution in [3.8, 4) is 11.5 Å². The van der Waals surface area contributed by atoms with Crippen LogP contribution in [0.1, 0.15) is 44.9 Å². The minimum atomic E-state index is -0.682. The van der Waals surface area contributed by atoms with Gasteiger partial charge in [-0.05, 0) is 50.1 Å². The lowest BCUT2D eigenvalue weighted by Gasteiger charge is -2.21. The molecule has 0 unspecified atom stereocenters. The van der Waals surface area contributed by atoms with Crippen LogP contribution in [0.4, 0.5) is 0 Å². The highest BCUT2D eigenvalue weighted by Gasteiger charge is 2.30. The molecule has 1 aliphatic heterocycles. The molecule has 196 valence electrons. The summed E-state index contributed by atoms with van der Waals surface area (Å²) in [5.74, 6) is -0.261. The van der Waals surface area contributed by atoms with E-state index in [0.717, 1.165) is 5.56 Å². The van der Waals surface area contributed by atoms with E-state index in [9.17, 15) is 14.4 Å². The summed E-state index contributed by atoms with van der Waals surface area (Å²) in [6.07, 6.45) is 5.43. The van der Waals surface area contributed by atoms with Crippen LogP contribution in [0.25, 0.3) is 12.2 Å². The number of fused-ring (bicyclic) bond motifs is 1. The Morgan fingerprint density at radius 2 is 1.82 bits per heavy atom. The SMILES string of the molecule is CCOC(=O)C1=C(C)N=c2s/c(=C/c3ccc(OC(C)=O)c(OCC)c3)c(=O)n2[C@H]1/C=C/c1ccccc1. The Morgan fingerprint density at radius 3 is 2.50 bits per heavy atom. The van der Waals surface area contributed by atoms with Gasteiger partial charge in [0.25, 0.3) is 5.56 Å². The lowest BCUT2D eigenvalue weighted by Crippen LogP contribution is -2.38. The van der Waals surface area contributed by atoms with Gasteiger partial charge in [-0.25, -0.2) is 9.79 Å². The van der Waals surface area contributed by atoms with E-state index in [2.05, 4.69) is 4.99 Å². The Bertz CT molecular complexity index is 1600. The van der Waals surface area contributed by atoms with Gasteiger partial charge >= 0.3 is 11.9 Å². The van der Waals surface area contributed by atoms with Crippen molar-refractivity contribution in [1.82, 2.24) is 4.57 Å². The van der Waals surface area contributed by atoms with E-state index in [4.69, 9.17) is 14.2 Å². The number of thiazole rings is 1. The van der Waals surface area contributed by atoms with Crippen LogP contribution in [0.15, 0.2) is 75.7 Å². The molecule has 0 bridgehead atoms. The molecular weight excluding hydrogens is 504 g/mol. The average Bonchev–Trinajstić information content (AvgIpc) is 3.18. The number of hydrogen-bond acceptors (Lipinski definition) is 8. The van der Waals surface area contributed by atoms with Crippen molar-refractivity contribution in [2.45, 2.75) is 33.7 Å². The minimum Gasteiger partial charge on any atom is -0.490 e. The molecule has 0 radical (unpaired) electrons. The standard InChI is InChI=1S/C29H28N2O6S/c1-5-35-24-16-21(13-15-23(24)37-19(4)32)17-25-27(33)31-22(14-12-20-10-8-7-9-11-20)26(28(34)36-6-2)18(3)30-29(31)38-25/h7-17,22H,5-6H2,1-4H3/b14-12+,25-17+/t22-/m0/s1. The number of allylic oxidation sites excluding steroid dienone is 2. The maximum Gasteiger partial charge on any atom is 0.338 e. The Labute approximate surface area is 223 Å². The maximum absolute atomic E-state index is 13.7. The average molecular weight is 533 g/mol. The molecule has 0 spiro atoms. The van der Waals surface area contributed by atoms with Crippen LogP contribution in [0.5, 0.6) is 11.5 Å². The van der Waals surface area contributed by atoms with Crippen molar-refractivity contribution in [3.05, 3.63) is 96.7 Å². The first-order chi connectivity index (χ1) is 18.3. The van der Waals surface area contributed by atoms with Crippen molar-refractivity contribution in [2.75, 3.05) is 13.2 Å². The summed E-state index contributed by atoms with van der Waals surface area (Å²) in [7, 11) is 0. The number of nitrogens with zero attached hydrogens (tertiary/aromatic N) is 2. The highest BCUT2D eigenvalue weighted by Crippen LogP contribution is 2.29. The quantitative estimate of drug-likeness (QED) is 0.324. The number of hydrogen-bond donors (Lipinski definition) is 0. The van der Waals surface area contributed by atoms with E-state index in [1.165, 1.54) is 22.8 Å². The summed E-state index contributed by atoms with van der Waals surface area (Å²) in [6, 6.07) is 14.0. The summed E-state index contributed by atoms with van der Waals surface area (Å²) < 4.78 is 18.1. The Kier molecular flexibility index (Phi) is 8.38. The zero-order valence-corrected chi connectivity index (χ0v) is 22.4. The lowest BCUT2D eigenvalue weighted by atomic mass is 10.0. The lowest BCUT2D eigenvalue weighted by molar-refractivity contribution is -0.139. The fraction of sp³-hybridized carbons (Fsp3) is 0.241. The van der Waals surface area contributed by atoms with Crippen LogP contribution in [0, 0.1) is 0 Å². The molecule has 38 heavy (non-hydrogen) atoms. The van der Waals surface area contributed by atoms with Crippen molar-refractivity contribution >= 4 is 35.4 Å². The first-order valence-corrected chi connectivity index (χ1v) is 13.0. The third-order valence-corrected chi connectivity index (χ3v) is 6.63. The number of aromatic nitrogens is 1. The van der Waals surface area contributed by atoms with Gasteiger partial charge in [-0.15, -0.1) is 0 Å². The van der Waals surface area contributed by atoms with E-state index in [1.807, 2.05) is 49.4 Å². The van der Waals surface area contributed by atoms with E-state index >= 15 is 0 Å². The molecule has 0 fully saturated rings. The molecule has 0 saturated carbocycles. The number of benzene rings is 2. The predicted molar refractivity (Wildman–Crippen MR) is 146 cm³/mol. The molecule has 1 atom stereocenters. The summed E-state index contributed by atoms with van der Waals surface area (Å²) >= 11 is 1.23. The largest absolute Gasteiger partial charge is 0.490 e. The molecule has 4 rings (SSSR count). The minimum absolute atomic E-state index is 0.209. The highest BCUT2D eigenvalue weighted by atomic mass is 32.1. The van der Waals surface area contributed by atoms with Gasteiger partial charge < -0.3 is 14.2 Å². The summed E-state index contributed by atoms with van der Waals surface area (Å²) in [4.78, 5) is 43.1. The normalized spacial score (nSPS) is 15.3. The zero-order valence-electron chi connectivity index (χ0n) is 21.6. The third kappa shape index (κ3) is 5.84. The van der Waals surface area contributed by atoms with Gasteiger partial charge in [-0.2, -0.15) is 0 Å². The molecule has 3 aromatic rings. The summed E-state index contributed by atoms with van der Waals surface area (Å²) in [5, 5.41) is 0. The van der Waals surface area contributed by atoms with Gasteiger partial charge in [-0.3, -0.25) is 14.2 Å². The molecule has 1 aromatic heterocycles. The molecule has 1 aliphatic rings. The van der Waals surface area contributed by atoms with Crippen molar-refractivity contribution in [2.24, 2.45) is 4.99 Å². The zero-order chi connectivity index (χ0) is 27.2. The van der Waals surface area contributed by atoms with Crippen LogP contribution in [0.2, 0.25) is 0 Å². The maximum atomic E-state index is 13.7. The van der Waals surface area contributed by atoms with E-state index in [1.54, 1.807) is 38.1 Å². The second kappa shape index (κ2) is 11.9. The molecule has 9 heteroatoms. The Balaban J connectivity index is 1.83. The Hall–Kier alpha value is -4.24. The summed E-state index contributed by atoms with van der Waals surface area (Å²) in [6.45, 7) is 7.22. The number of esters is 2. The van der Waals surface area contributed by atoms with E-state index < -0.39 is 18.0 Å². The molecule has 8 nitrogen and oxygen atoms in total. The topological polar surface area (TPSA) is 96.2 Å². The van der Waals surface area contributed by atoms with Gasteiger partial charge in [0, 0.05) is 6.92 Å². The monoisotopic (exact) mass is 532 g/mol. The Morgan fingerprint density at radius 1 is 1.05 bits per heavy atom. The number of carbonyl (C=O) groups is 2. The predicted octanol–water partition coefficient (Wildman–Crippen LogP) is 3.79. The molecule has 2 aromatic carbocycles. The van der Waals surface area contributed by atoms with Crippen molar-refractivity contribution in [1.29, 1.82) is 0 Å². The molecule has 0 N–H and O–H groups in total. The van der Waals surface area contributed by atoms with Gasteiger partial charge in [0.2, 0.25) is 0 Å². The highest BCUT2D eigenvalue weighted by molar-refractivity contribution is 7.07. The van der Waals surface area contributed by atoms with Gasteiger partial charge in [0.05, 0.1) is 35.1 Å². The van der Waals surface area contributed by atoms with Gasteiger partial charge in [0.15, 0.2) is 16.3 Å². The molecule has 0 aliphatic carbocycles. The van der Waals surface area contributed by atoms with E-state index in [0.29, 0.717) is 44.3 Å². The second-order valence-electron chi connectivity index (χ2n) is 8.35. The molecule has 2 heterocycles. The van der Waals surface area contributed by atoms with Crippen molar-refractivity contribution < 1.29 is 23.8 Å². The first kappa shape index (κ1) is 26.8. The van der Waals surface area contributed by atoms with E-state index in [-0.39, 0.29) is 12.2 Å². The number of carbonyl (C=O) groups excluding carboxylic acids is 2. The molecular formula is C29H28N2O6S. The van der Waals surface area contributed by atoms with Gasteiger partial charge in [-0.1, -0.05) is 59.9 Å². The van der Waals surface area contributed by atoms with Crippen LogP contribution >= 0.6 is 11.3 Å². The van der Waals surface area contributed by atoms with Gasteiger partial charge in [0.1, 0.15) is 0 Å². The number of ether oxygens (including phenoxy) is 3. The molecule has 0 amide bonds.